The van der Waals surface area contributed by atoms with E-state index in [0.717, 1.165) is 28.9 Å². The van der Waals surface area contributed by atoms with Gasteiger partial charge in [0, 0.05) is 16.5 Å². The van der Waals surface area contributed by atoms with Gasteiger partial charge in [0.25, 0.3) is 5.91 Å². The van der Waals surface area contributed by atoms with Crippen molar-refractivity contribution < 1.29 is 19.1 Å². The fourth-order valence-electron chi connectivity index (χ4n) is 2.98. The van der Waals surface area contributed by atoms with Crippen LogP contribution in [0.25, 0.3) is 11.1 Å². The molecule has 3 aromatic rings. The molecule has 5 nitrogen and oxygen atoms in total. The molecule has 2 aromatic carbocycles. The van der Waals surface area contributed by atoms with Crippen molar-refractivity contribution in [2.75, 3.05) is 18.5 Å². The van der Waals surface area contributed by atoms with E-state index in [1.54, 1.807) is 13.0 Å². The molecule has 0 unspecified atom stereocenters. The fraction of sp³-hybridized carbons (Fsp3) is 0.250. The normalized spacial score (nSPS) is 10.5. The molecular weight excluding hydrogens is 398 g/mol. The molecule has 0 bridgehead atoms. The minimum absolute atomic E-state index is 0.253. The van der Waals surface area contributed by atoms with Gasteiger partial charge in [0.05, 0.1) is 13.2 Å². The lowest BCUT2D eigenvalue weighted by atomic mass is 10.0. The zero-order valence-corrected chi connectivity index (χ0v) is 18.2. The van der Waals surface area contributed by atoms with Crippen molar-refractivity contribution in [1.29, 1.82) is 0 Å². The molecule has 0 saturated heterocycles. The highest BCUT2D eigenvalue weighted by Crippen LogP contribution is 2.37. The van der Waals surface area contributed by atoms with Gasteiger partial charge in [0.2, 0.25) is 0 Å². The van der Waals surface area contributed by atoms with E-state index in [4.69, 9.17) is 9.47 Å². The Balaban J connectivity index is 1.92. The number of amides is 1. The predicted octanol–water partition coefficient (Wildman–Crippen LogP) is 5.94. The summed E-state index contributed by atoms with van der Waals surface area (Å²) < 4.78 is 10.9. The molecule has 1 aromatic heterocycles. The van der Waals surface area contributed by atoms with Gasteiger partial charge in [-0.2, -0.15) is 0 Å². The van der Waals surface area contributed by atoms with Crippen LogP contribution in [-0.4, -0.2) is 25.1 Å². The molecule has 0 aliphatic heterocycles. The van der Waals surface area contributed by atoms with Gasteiger partial charge < -0.3 is 14.8 Å². The third-order valence-electron chi connectivity index (χ3n) is 4.42. The van der Waals surface area contributed by atoms with E-state index in [1.807, 2.05) is 54.8 Å². The number of thiophene rings is 1. The number of hydrogen-bond acceptors (Lipinski definition) is 5. The summed E-state index contributed by atoms with van der Waals surface area (Å²) in [6.07, 6.45) is 0.934. The van der Waals surface area contributed by atoms with Crippen LogP contribution < -0.4 is 10.1 Å². The first-order chi connectivity index (χ1) is 14.5. The second kappa shape index (κ2) is 10.1. The average molecular weight is 424 g/mol. The van der Waals surface area contributed by atoms with Gasteiger partial charge in [0.15, 0.2) is 0 Å². The molecule has 1 heterocycles. The number of ether oxygens (including phenoxy) is 2. The van der Waals surface area contributed by atoms with Crippen LogP contribution in [0.1, 0.15) is 46.5 Å². The highest BCUT2D eigenvalue weighted by Gasteiger charge is 2.23. The molecule has 0 radical (unpaired) electrons. The number of carbonyl (C=O) groups excluding carboxylic acids is 2. The molecule has 0 fully saturated rings. The molecule has 0 saturated carbocycles. The molecule has 1 amide bonds. The second-order valence-electron chi connectivity index (χ2n) is 6.77. The van der Waals surface area contributed by atoms with Crippen molar-refractivity contribution in [2.24, 2.45) is 0 Å². The number of aryl methyl sites for hydroxylation is 1. The van der Waals surface area contributed by atoms with Crippen molar-refractivity contribution in [3.05, 3.63) is 70.6 Å². The molecule has 0 aliphatic carbocycles. The highest BCUT2D eigenvalue weighted by molar-refractivity contribution is 7.15. The largest absolute Gasteiger partial charge is 0.494 e. The summed E-state index contributed by atoms with van der Waals surface area (Å²) in [6.45, 7) is 6.65. The van der Waals surface area contributed by atoms with Gasteiger partial charge >= 0.3 is 5.97 Å². The smallest absolute Gasteiger partial charge is 0.341 e. The molecule has 0 aliphatic rings. The van der Waals surface area contributed by atoms with E-state index < -0.39 is 5.97 Å². The summed E-state index contributed by atoms with van der Waals surface area (Å²) in [7, 11) is 0. The second-order valence-corrected chi connectivity index (χ2v) is 7.65. The van der Waals surface area contributed by atoms with Crippen molar-refractivity contribution in [1.82, 2.24) is 0 Å². The van der Waals surface area contributed by atoms with Crippen LogP contribution in [0.15, 0.2) is 53.9 Å². The van der Waals surface area contributed by atoms with Gasteiger partial charge in [-0.05, 0) is 50.1 Å². The van der Waals surface area contributed by atoms with Gasteiger partial charge in [-0.15, -0.1) is 11.3 Å². The van der Waals surface area contributed by atoms with E-state index in [-0.39, 0.29) is 12.5 Å². The summed E-state index contributed by atoms with van der Waals surface area (Å²) in [5.74, 6) is 0.0575. The van der Waals surface area contributed by atoms with Crippen molar-refractivity contribution in [2.45, 2.75) is 27.2 Å². The van der Waals surface area contributed by atoms with E-state index in [9.17, 15) is 9.59 Å². The first-order valence-electron chi connectivity index (χ1n) is 9.93. The SMILES string of the molecule is CCCOc1ccc(-c2csc(NC(=O)c3cccc(C)c3)c2C(=O)OCC)cc1. The molecule has 0 spiro atoms. The number of nitrogens with one attached hydrogen (secondary N) is 1. The van der Waals surface area contributed by atoms with Gasteiger partial charge in [-0.1, -0.05) is 36.8 Å². The van der Waals surface area contributed by atoms with E-state index >= 15 is 0 Å². The average Bonchev–Trinajstić information content (AvgIpc) is 3.16. The summed E-state index contributed by atoms with van der Waals surface area (Å²) in [5.41, 5.74) is 3.47. The number of benzene rings is 2. The number of anilines is 1. The van der Waals surface area contributed by atoms with E-state index in [0.29, 0.717) is 22.7 Å². The summed E-state index contributed by atoms with van der Waals surface area (Å²) >= 11 is 1.31. The zero-order chi connectivity index (χ0) is 21.5. The fourth-order valence-corrected chi connectivity index (χ4v) is 3.93. The number of esters is 1. The third kappa shape index (κ3) is 5.07. The first-order valence-corrected chi connectivity index (χ1v) is 10.8. The molecule has 6 heteroatoms. The zero-order valence-electron chi connectivity index (χ0n) is 17.4. The maximum atomic E-state index is 12.7. The Morgan fingerprint density at radius 2 is 1.83 bits per heavy atom. The number of rotatable bonds is 8. The lowest BCUT2D eigenvalue weighted by Gasteiger charge is -2.10. The monoisotopic (exact) mass is 423 g/mol. The molecule has 1 N–H and O–H groups in total. The third-order valence-corrected chi connectivity index (χ3v) is 5.31. The maximum absolute atomic E-state index is 12.7. The lowest BCUT2D eigenvalue weighted by molar-refractivity contribution is 0.0529. The van der Waals surface area contributed by atoms with Crippen LogP contribution in [0.2, 0.25) is 0 Å². The standard InChI is InChI=1S/C24H25NO4S/c1-4-13-29-19-11-9-17(10-12-19)20-15-30-23(21(20)24(27)28-5-2)25-22(26)18-8-6-7-16(3)14-18/h6-12,14-15H,4-5,13H2,1-3H3,(H,25,26). The van der Waals surface area contributed by atoms with Crippen LogP contribution in [0.5, 0.6) is 5.75 Å². The Labute approximate surface area is 180 Å². The highest BCUT2D eigenvalue weighted by atomic mass is 32.1. The predicted molar refractivity (Wildman–Crippen MR) is 121 cm³/mol. The van der Waals surface area contributed by atoms with Crippen molar-refractivity contribution in [3.8, 4) is 16.9 Å². The minimum Gasteiger partial charge on any atom is -0.494 e. The van der Waals surface area contributed by atoms with Gasteiger partial charge in [-0.3, -0.25) is 4.79 Å². The first kappa shape index (κ1) is 21.6. The Morgan fingerprint density at radius 3 is 2.50 bits per heavy atom. The topological polar surface area (TPSA) is 64.6 Å². The Hall–Kier alpha value is -3.12. The van der Waals surface area contributed by atoms with E-state index in [2.05, 4.69) is 12.2 Å². The summed E-state index contributed by atoms with van der Waals surface area (Å²) in [6, 6.07) is 14.9. The number of carbonyl (C=O) groups is 2. The summed E-state index contributed by atoms with van der Waals surface area (Å²) in [4.78, 5) is 25.4. The van der Waals surface area contributed by atoms with Crippen LogP contribution in [0.4, 0.5) is 5.00 Å². The molecule has 3 rings (SSSR count). The van der Waals surface area contributed by atoms with Gasteiger partial charge in [0.1, 0.15) is 16.3 Å². The lowest BCUT2D eigenvalue weighted by Crippen LogP contribution is -2.15. The Morgan fingerprint density at radius 1 is 1.07 bits per heavy atom. The van der Waals surface area contributed by atoms with Crippen molar-refractivity contribution >= 4 is 28.2 Å². The number of hydrogen-bond donors (Lipinski definition) is 1. The molecule has 156 valence electrons. The molecule has 0 atom stereocenters. The Bertz CT molecular complexity index is 1020. The van der Waals surface area contributed by atoms with Crippen molar-refractivity contribution in [3.63, 3.8) is 0 Å². The van der Waals surface area contributed by atoms with Crippen LogP contribution in [0, 0.1) is 6.92 Å². The molecule has 30 heavy (non-hydrogen) atoms. The summed E-state index contributed by atoms with van der Waals surface area (Å²) in [5, 5.41) is 5.21. The van der Waals surface area contributed by atoms with Crippen LogP contribution in [-0.2, 0) is 4.74 Å². The van der Waals surface area contributed by atoms with Gasteiger partial charge in [-0.25, -0.2) is 4.79 Å². The quantitative estimate of drug-likeness (QED) is 0.455. The van der Waals surface area contributed by atoms with Crippen LogP contribution >= 0.6 is 11.3 Å². The maximum Gasteiger partial charge on any atom is 0.341 e. The van der Waals surface area contributed by atoms with E-state index in [1.165, 1.54) is 11.3 Å². The minimum atomic E-state index is -0.459. The Kier molecular flexibility index (Phi) is 7.25. The molecular formula is C24H25NO4S. The van der Waals surface area contributed by atoms with Crippen LogP contribution in [0.3, 0.4) is 0 Å².